The lowest BCUT2D eigenvalue weighted by Crippen LogP contribution is -2.45. The van der Waals surface area contributed by atoms with E-state index in [1.54, 1.807) is 24.1 Å². The Morgan fingerprint density at radius 3 is 2.72 bits per heavy atom. The van der Waals surface area contributed by atoms with E-state index in [0.717, 1.165) is 24.2 Å². The summed E-state index contributed by atoms with van der Waals surface area (Å²) in [4.78, 5) is 38.9. The number of benzene rings is 1. The third-order valence-corrected chi connectivity index (χ3v) is 5.43. The number of nitrogens with one attached hydrogen (secondary N) is 2. The van der Waals surface area contributed by atoms with Crippen LogP contribution in [0.2, 0.25) is 0 Å². The molecular weight excluding hydrogens is 394 g/mol. The van der Waals surface area contributed by atoms with Gasteiger partial charge in [0.15, 0.2) is 0 Å². The highest BCUT2D eigenvalue weighted by Crippen LogP contribution is 2.21. The summed E-state index contributed by atoms with van der Waals surface area (Å²) in [5.41, 5.74) is 0.638. The van der Waals surface area contributed by atoms with Crippen molar-refractivity contribution in [1.29, 1.82) is 0 Å². The summed E-state index contributed by atoms with van der Waals surface area (Å²) in [6, 6.07) is 8.99. The zero-order valence-electron chi connectivity index (χ0n) is 16.1. The first kappa shape index (κ1) is 20.9. The molecule has 1 saturated heterocycles. The van der Waals surface area contributed by atoms with E-state index in [4.69, 9.17) is 4.74 Å². The van der Waals surface area contributed by atoms with E-state index < -0.39 is 5.91 Å². The Bertz CT molecular complexity index is 857. The maximum Gasteiger partial charge on any atom is 0.286 e. The summed E-state index contributed by atoms with van der Waals surface area (Å²) in [7, 11) is 1.57. The van der Waals surface area contributed by atoms with Crippen LogP contribution in [0, 0.1) is 5.92 Å². The third-order valence-electron chi connectivity index (χ3n) is 4.52. The molecular formula is C19H23N5O4S. The average Bonchev–Trinajstić information content (AvgIpc) is 3.24. The Labute approximate surface area is 172 Å². The standard InChI is InChI=1S/C19H23N5O4S/c1-28-11-9-20-15(25)13-6-5-10-24(12-13)19(27)18-23-22-17(29-18)16(26)21-14-7-3-2-4-8-14/h2-4,7-8,13H,5-6,9-12H2,1H3,(H,20,25)(H,21,26)/t13-/m0/s1. The van der Waals surface area contributed by atoms with Gasteiger partial charge in [-0.05, 0) is 25.0 Å². The molecule has 1 aliphatic heterocycles. The quantitative estimate of drug-likeness (QED) is 0.659. The van der Waals surface area contributed by atoms with Crippen LogP contribution < -0.4 is 10.6 Å². The number of aromatic nitrogens is 2. The largest absolute Gasteiger partial charge is 0.383 e. The fraction of sp³-hybridized carbons (Fsp3) is 0.421. The Morgan fingerprint density at radius 1 is 1.21 bits per heavy atom. The second kappa shape index (κ2) is 10.1. The molecule has 2 N–H and O–H groups in total. The first-order valence-corrected chi connectivity index (χ1v) is 10.2. The van der Waals surface area contributed by atoms with Gasteiger partial charge in [-0.15, -0.1) is 10.2 Å². The van der Waals surface area contributed by atoms with Crippen LogP contribution in [0.4, 0.5) is 5.69 Å². The molecule has 3 rings (SSSR count). The second-order valence-corrected chi connectivity index (χ2v) is 7.58. The Kier molecular flexibility index (Phi) is 7.25. The van der Waals surface area contributed by atoms with Crippen LogP contribution in [0.3, 0.4) is 0 Å². The van der Waals surface area contributed by atoms with Crippen LogP contribution in [0.15, 0.2) is 30.3 Å². The molecule has 3 amide bonds. The molecule has 1 fully saturated rings. The maximum absolute atomic E-state index is 12.8. The summed E-state index contributed by atoms with van der Waals surface area (Å²) < 4.78 is 4.93. The molecule has 0 spiro atoms. The fourth-order valence-corrected chi connectivity index (χ4v) is 3.75. The highest BCUT2D eigenvalue weighted by atomic mass is 32.1. The molecule has 2 aromatic rings. The molecule has 1 atom stereocenters. The molecule has 0 bridgehead atoms. The van der Waals surface area contributed by atoms with Crippen molar-refractivity contribution in [2.24, 2.45) is 5.92 Å². The van der Waals surface area contributed by atoms with Crippen LogP contribution in [0.1, 0.15) is 32.4 Å². The Hall–Kier alpha value is -2.85. The van der Waals surface area contributed by atoms with Crippen molar-refractivity contribution in [2.75, 3.05) is 38.7 Å². The minimum atomic E-state index is -0.415. The molecule has 29 heavy (non-hydrogen) atoms. The molecule has 9 nitrogen and oxygen atoms in total. The van der Waals surface area contributed by atoms with Gasteiger partial charge in [0.1, 0.15) is 0 Å². The molecule has 0 aliphatic carbocycles. The van der Waals surface area contributed by atoms with Crippen LogP contribution in [-0.4, -0.2) is 66.2 Å². The van der Waals surface area contributed by atoms with Crippen LogP contribution in [0.5, 0.6) is 0 Å². The van der Waals surface area contributed by atoms with Crippen LogP contribution >= 0.6 is 11.3 Å². The number of hydrogen-bond acceptors (Lipinski definition) is 7. The zero-order valence-corrected chi connectivity index (χ0v) is 16.9. The minimum absolute atomic E-state index is 0.0836. The highest BCUT2D eigenvalue weighted by molar-refractivity contribution is 7.15. The molecule has 0 radical (unpaired) electrons. The van der Waals surface area contributed by atoms with E-state index in [1.165, 1.54) is 0 Å². The number of piperidine rings is 1. The van der Waals surface area contributed by atoms with Crippen molar-refractivity contribution < 1.29 is 19.1 Å². The highest BCUT2D eigenvalue weighted by Gasteiger charge is 2.30. The predicted molar refractivity (Wildman–Crippen MR) is 108 cm³/mol. The van der Waals surface area contributed by atoms with E-state index >= 15 is 0 Å². The number of ether oxygens (including phenoxy) is 1. The van der Waals surface area contributed by atoms with Gasteiger partial charge in [-0.2, -0.15) is 0 Å². The molecule has 1 aromatic heterocycles. The predicted octanol–water partition coefficient (Wildman–Crippen LogP) is 1.41. The second-order valence-electron chi connectivity index (χ2n) is 6.61. The lowest BCUT2D eigenvalue weighted by Gasteiger charge is -2.31. The lowest BCUT2D eigenvalue weighted by molar-refractivity contribution is -0.126. The number of rotatable bonds is 7. The van der Waals surface area contributed by atoms with Crippen molar-refractivity contribution in [1.82, 2.24) is 20.4 Å². The van der Waals surface area contributed by atoms with Crippen molar-refractivity contribution in [2.45, 2.75) is 12.8 Å². The van der Waals surface area contributed by atoms with Gasteiger partial charge in [0.05, 0.1) is 12.5 Å². The SMILES string of the molecule is COCCNC(=O)[C@H]1CCCN(C(=O)c2nnc(C(=O)Nc3ccccc3)s2)C1. The van der Waals surface area contributed by atoms with Gasteiger partial charge >= 0.3 is 0 Å². The van der Waals surface area contributed by atoms with Crippen molar-refractivity contribution in [3.63, 3.8) is 0 Å². The number of carbonyl (C=O) groups is 3. The van der Waals surface area contributed by atoms with Crippen molar-refractivity contribution >= 4 is 34.7 Å². The van der Waals surface area contributed by atoms with Gasteiger partial charge in [0.25, 0.3) is 11.8 Å². The average molecular weight is 417 g/mol. The number of carbonyl (C=O) groups excluding carboxylic acids is 3. The summed E-state index contributed by atoms with van der Waals surface area (Å²) in [6.45, 7) is 1.75. The Morgan fingerprint density at radius 2 is 1.97 bits per heavy atom. The van der Waals surface area contributed by atoms with Gasteiger partial charge in [-0.3, -0.25) is 14.4 Å². The molecule has 0 saturated carbocycles. The van der Waals surface area contributed by atoms with Crippen molar-refractivity contribution in [3.05, 3.63) is 40.3 Å². The number of para-hydroxylation sites is 1. The summed E-state index contributed by atoms with van der Waals surface area (Å²) in [5, 5.41) is 13.5. The van der Waals surface area contributed by atoms with Gasteiger partial charge in [0, 0.05) is 32.4 Å². The smallest absolute Gasteiger partial charge is 0.286 e. The molecule has 154 valence electrons. The van der Waals surface area contributed by atoms with Gasteiger partial charge < -0.3 is 20.3 Å². The number of nitrogens with zero attached hydrogens (tertiary/aromatic N) is 3. The molecule has 0 unspecified atom stereocenters. The van der Waals surface area contributed by atoms with Crippen LogP contribution in [-0.2, 0) is 9.53 Å². The van der Waals surface area contributed by atoms with Crippen molar-refractivity contribution in [3.8, 4) is 0 Å². The van der Waals surface area contributed by atoms with E-state index in [9.17, 15) is 14.4 Å². The van der Waals surface area contributed by atoms with E-state index in [1.807, 2.05) is 18.2 Å². The van der Waals surface area contributed by atoms with E-state index in [2.05, 4.69) is 20.8 Å². The van der Waals surface area contributed by atoms with E-state index in [0.29, 0.717) is 31.9 Å². The summed E-state index contributed by atoms with van der Waals surface area (Å²) in [6.07, 6.45) is 1.46. The van der Waals surface area contributed by atoms with Crippen LogP contribution in [0.25, 0.3) is 0 Å². The number of amides is 3. The van der Waals surface area contributed by atoms with Gasteiger partial charge in [-0.25, -0.2) is 0 Å². The van der Waals surface area contributed by atoms with Gasteiger partial charge in [0.2, 0.25) is 15.9 Å². The molecule has 10 heteroatoms. The molecule has 2 heterocycles. The number of hydrogen-bond donors (Lipinski definition) is 2. The number of methoxy groups -OCH3 is 1. The first-order valence-electron chi connectivity index (χ1n) is 9.34. The van der Waals surface area contributed by atoms with Gasteiger partial charge in [-0.1, -0.05) is 29.5 Å². The lowest BCUT2D eigenvalue weighted by atomic mass is 9.97. The molecule has 1 aliphatic rings. The normalized spacial score (nSPS) is 16.3. The fourth-order valence-electron chi connectivity index (χ4n) is 3.04. The Balaban J connectivity index is 1.59. The first-order chi connectivity index (χ1) is 14.1. The minimum Gasteiger partial charge on any atom is -0.383 e. The monoisotopic (exact) mass is 417 g/mol. The number of anilines is 1. The molecule has 1 aromatic carbocycles. The maximum atomic E-state index is 12.8. The zero-order chi connectivity index (χ0) is 20.6. The topological polar surface area (TPSA) is 114 Å². The van der Waals surface area contributed by atoms with E-state index in [-0.39, 0.29) is 27.7 Å². The summed E-state index contributed by atoms with van der Waals surface area (Å²) >= 11 is 0.946. The number of likely N-dealkylation sites (tertiary alicyclic amines) is 1. The third kappa shape index (κ3) is 5.58. The summed E-state index contributed by atoms with van der Waals surface area (Å²) in [5.74, 6) is -1.07.